The third-order valence-corrected chi connectivity index (χ3v) is 0. The third-order valence-electron chi connectivity index (χ3n) is 0. The fourth-order valence-corrected chi connectivity index (χ4v) is 0. The van der Waals surface area contributed by atoms with Gasteiger partial charge in [-0.05, 0) is 0 Å². The Morgan fingerprint density at radius 1 is 1.25 bits per heavy atom. The van der Waals surface area contributed by atoms with Crippen molar-refractivity contribution in [3.05, 3.63) is 0 Å². The molecular weight excluding hydrogens is 132 g/mol. The molecule has 1 nitrogen and oxygen atoms in total. The lowest BCUT2D eigenvalue weighted by Crippen LogP contribution is -1.25. The fourth-order valence-electron chi connectivity index (χ4n) is 0. The molecule has 0 aromatic heterocycles. The first kappa shape index (κ1) is 18.9. The second kappa shape index (κ2) is 29.7. The van der Waals surface area contributed by atoms with Crippen LogP contribution in [0.25, 0.3) is 0 Å². The van der Waals surface area contributed by atoms with Crippen molar-refractivity contribution in [2.45, 2.75) is 0 Å². The molecule has 0 unspecified atom stereocenters. The van der Waals surface area contributed by atoms with Gasteiger partial charge in [0, 0.05) is 7.11 Å². The molecule has 0 aliphatic rings. The van der Waals surface area contributed by atoms with Crippen LogP contribution in [-0.2, 0) is 0 Å². The molecule has 0 atom stereocenters. The van der Waals surface area contributed by atoms with Gasteiger partial charge in [0.25, 0.3) is 0 Å². The highest BCUT2D eigenvalue weighted by Gasteiger charge is 0.839. The Bertz CT molecular complexity index is 8.00. The van der Waals surface area contributed by atoms with Gasteiger partial charge in [0.1, 0.15) is 0 Å². The van der Waals surface area contributed by atoms with Crippen LogP contribution in [0.15, 0.2) is 0 Å². The Hall–Kier alpha value is 1.21. The largest absolute Gasteiger partial charge is 0.400 e. The van der Waals surface area contributed by atoms with Crippen molar-refractivity contribution in [1.29, 1.82) is 0 Å². The zero-order chi connectivity index (χ0) is 2.00. The maximum atomic E-state index is 7.00. The van der Waals surface area contributed by atoms with Gasteiger partial charge in [-0.25, -0.2) is 0 Å². The van der Waals surface area contributed by atoms with Crippen LogP contribution in [-0.4, -0.2) is 35.3 Å². The first-order chi connectivity index (χ1) is 1.00. The first-order valence-electron chi connectivity index (χ1n) is 0.447. The third kappa shape index (κ3) is 10.7. The van der Waals surface area contributed by atoms with E-state index in [-0.39, 0.29) is 40.0 Å². The summed E-state index contributed by atoms with van der Waals surface area (Å²) in [6, 6.07) is 0. The minimum atomic E-state index is 0. The molecule has 0 saturated heterocycles. The standard InChI is InChI=1S/CH4O.BrH.Mg.2H/c1-2;;;;/h2H,1H3;1H;;;. The minimum Gasteiger partial charge on any atom is -0.400 e. The number of aliphatic hydroxyl groups excluding tert-OH is 1. The SMILES string of the molecule is Br.CO.[MgH2]. The Morgan fingerprint density at radius 2 is 1.25 bits per heavy atom. The van der Waals surface area contributed by atoms with Crippen LogP contribution in [0.2, 0.25) is 0 Å². The highest BCUT2D eigenvalue weighted by Crippen LogP contribution is 0.846. The van der Waals surface area contributed by atoms with Crippen molar-refractivity contribution < 1.29 is 5.11 Å². The lowest BCUT2D eigenvalue weighted by Gasteiger charge is -1.21. The predicted octanol–water partition coefficient (Wildman–Crippen LogP) is -0.730. The molecule has 1 N–H and O–H groups in total. The molecule has 0 fully saturated rings. The lowest BCUT2D eigenvalue weighted by atomic mass is 11.8. The number of hydrogen-bond donors (Lipinski definition) is 1. The number of hydrogen-bond acceptors (Lipinski definition) is 1. The average Bonchev–Trinajstić information content (AvgIpc) is 1.00. The summed E-state index contributed by atoms with van der Waals surface area (Å²) >= 11 is 0. The fraction of sp³-hybridized carbons (Fsp3) is 1.00. The second-order valence-electron chi connectivity index (χ2n) is 0. The molecule has 0 saturated carbocycles. The van der Waals surface area contributed by atoms with Crippen molar-refractivity contribution in [3.8, 4) is 0 Å². The zero-order valence-electron chi connectivity index (χ0n) is 1.86. The molecule has 0 amide bonds. The first-order valence-corrected chi connectivity index (χ1v) is 0.447. The molecule has 0 aromatic carbocycles. The minimum absolute atomic E-state index is 0. The van der Waals surface area contributed by atoms with Crippen molar-refractivity contribution in [2.75, 3.05) is 7.11 Å². The number of halogens is 1. The molecule has 0 rings (SSSR count). The molecule has 0 radical (unpaired) electrons. The summed E-state index contributed by atoms with van der Waals surface area (Å²) in [5.41, 5.74) is 0. The van der Waals surface area contributed by atoms with Gasteiger partial charge in [-0.1, -0.05) is 0 Å². The molecule has 0 spiro atoms. The number of aliphatic hydroxyl groups is 1. The van der Waals surface area contributed by atoms with Crippen molar-refractivity contribution in [2.24, 2.45) is 0 Å². The van der Waals surface area contributed by atoms with E-state index in [4.69, 9.17) is 5.11 Å². The molecule has 0 aliphatic heterocycles. The number of rotatable bonds is 0. The predicted molar refractivity (Wildman–Crippen MR) is 27.0 cm³/mol. The molecule has 0 bridgehead atoms. The van der Waals surface area contributed by atoms with Crippen LogP contribution >= 0.6 is 17.0 Å². The van der Waals surface area contributed by atoms with E-state index in [1.54, 1.807) is 0 Å². The van der Waals surface area contributed by atoms with E-state index in [2.05, 4.69) is 0 Å². The molecule has 0 heterocycles. The van der Waals surface area contributed by atoms with Crippen molar-refractivity contribution in [1.82, 2.24) is 0 Å². The maximum absolute atomic E-state index is 7.00. The van der Waals surface area contributed by atoms with E-state index in [0.717, 1.165) is 7.11 Å². The van der Waals surface area contributed by atoms with E-state index in [1.807, 2.05) is 0 Å². The van der Waals surface area contributed by atoms with Crippen LogP contribution in [0, 0.1) is 0 Å². The van der Waals surface area contributed by atoms with Crippen LogP contribution in [0.3, 0.4) is 0 Å². The highest BCUT2D eigenvalue weighted by atomic mass is 79.9. The lowest BCUT2D eigenvalue weighted by molar-refractivity contribution is 0.399. The van der Waals surface area contributed by atoms with Gasteiger partial charge in [0.05, 0.1) is 0 Å². The summed E-state index contributed by atoms with van der Waals surface area (Å²) in [7, 11) is 1.00. The monoisotopic (exact) mass is 138 g/mol. The van der Waals surface area contributed by atoms with Gasteiger partial charge >= 0.3 is 23.1 Å². The Labute approximate surface area is 52.3 Å². The molecular formula is CH7BrMgO. The van der Waals surface area contributed by atoms with Gasteiger partial charge in [0.15, 0.2) is 0 Å². The molecule has 26 valence electrons. The van der Waals surface area contributed by atoms with E-state index in [0.29, 0.717) is 0 Å². The summed E-state index contributed by atoms with van der Waals surface area (Å²) in [5, 5.41) is 7.00. The Kier molecular flexibility index (Phi) is 141. The summed E-state index contributed by atoms with van der Waals surface area (Å²) in [6.07, 6.45) is 0. The molecule has 0 aromatic rings. The molecule has 3 heteroatoms. The van der Waals surface area contributed by atoms with Gasteiger partial charge in [0.2, 0.25) is 0 Å². The van der Waals surface area contributed by atoms with E-state index >= 15 is 0 Å². The van der Waals surface area contributed by atoms with Crippen LogP contribution in [0.4, 0.5) is 0 Å². The second-order valence-corrected chi connectivity index (χ2v) is 0. The van der Waals surface area contributed by atoms with Crippen molar-refractivity contribution in [3.63, 3.8) is 0 Å². The maximum Gasteiger partial charge on any atom is 0.316 e. The average molecular weight is 139 g/mol. The molecule has 0 aliphatic carbocycles. The topological polar surface area (TPSA) is 20.2 Å². The van der Waals surface area contributed by atoms with Crippen LogP contribution < -0.4 is 0 Å². The van der Waals surface area contributed by atoms with Crippen LogP contribution in [0.5, 0.6) is 0 Å². The summed E-state index contributed by atoms with van der Waals surface area (Å²) in [5.74, 6) is 0. The van der Waals surface area contributed by atoms with E-state index in [1.165, 1.54) is 0 Å². The Balaban J connectivity index is -0.00000000500. The summed E-state index contributed by atoms with van der Waals surface area (Å²) in [4.78, 5) is 0. The Morgan fingerprint density at radius 3 is 1.25 bits per heavy atom. The zero-order valence-corrected chi connectivity index (χ0v) is 3.57. The van der Waals surface area contributed by atoms with E-state index < -0.39 is 0 Å². The van der Waals surface area contributed by atoms with Gasteiger partial charge in [-0.3, -0.25) is 0 Å². The smallest absolute Gasteiger partial charge is 0.316 e. The highest BCUT2D eigenvalue weighted by molar-refractivity contribution is 8.93. The molecule has 4 heavy (non-hydrogen) atoms. The normalized spacial score (nSPS) is 1.50. The van der Waals surface area contributed by atoms with E-state index in [9.17, 15) is 0 Å². The van der Waals surface area contributed by atoms with Gasteiger partial charge in [-0.15, -0.1) is 17.0 Å². The van der Waals surface area contributed by atoms with Gasteiger partial charge < -0.3 is 5.11 Å². The quantitative estimate of drug-likeness (QED) is 0.439. The summed E-state index contributed by atoms with van der Waals surface area (Å²) in [6.45, 7) is 0. The summed E-state index contributed by atoms with van der Waals surface area (Å²) < 4.78 is 0. The van der Waals surface area contributed by atoms with Crippen LogP contribution in [0.1, 0.15) is 0 Å². The van der Waals surface area contributed by atoms with Crippen molar-refractivity contribution >= 4 is 40.0 Å². The van der Waals surface area contributed by atoms with Gasteiger partial charge in [-0.2, -0.15) is 0 Å².